The first kappa shape index (κ1) is 28.6. The molecule has 6 nitrogen and oxygen atoms in total. The molecule has 7 aromatic carbocycles. The second-order valence-electron chi connectivity index (χ2n) is 13.3. The number of hydrogen-bond donors (Lipinski definition) is 3. The Balaban J connectivity index is 1.05. The summed E-state index contributed by atoms with van der Waals surface area (Å²) in [6, 6.07) is 52.6. The van der Waals surface area contributed by atoms with E-state index in [0.717, 1.165) is 93.6 Å². The van der Waals surface area contributed by atoms with Crippen LogP contribution in [-0.4, -0.2) is 0 Å². The first-order valence-electron chi connectivity index (χ1n) is 17.4. The van der Waals surface area contributed by atoms with Gasteiger partial charge in [-0.1, -0.05) is 127 Å². The molecule has 1 aliphatic rings. The molecule has 244 valence electrons. The summed E-state index contributed by atoms with van der Waals surface area (Å²) in [4.78, 5) is 0. The molecule has 0 radical (unpaired) electrons. The Hall–Kier alpha value is -6.18. The molecule has 4 heterocycles. The highest BCUT2D eigenvalue weighted by Gasteiger charge is 2.32. The predicted octanol–water partition coefficient (Wildman–Crippen LogP) is 11.2. The van der Waals surface area contributed by atoms with Crippen LogP contribution in [0.1, 0.15) is 35.2 Å². The molecule has 0 aliphatic carbocycles. The van der Waals surface area contributed by atoms with E-state index in [0.29, 0.717) is 0 Å². The van der Waals surface area contributed by atoms with Crippen molar-refractivity contribution in [2.75, 3.05) is 0 Å². The molecule has 1 saturated heterocycles. The SMILES string of the molecule is c1ccc(C2NC(c3ccc4c(c3)oc3ccccc34)NC(c3cccc4c3oc3c(-c5cccc6oc7ccccc7c56)cccc34)N2)cc1. The lowest BCUT2D eigenvalue weighted by molar-refractivity contribution is 0.203. The van der Waals surface area contributed by atoms with Gasteiger partial charge in [-0.25, -0.2) is 0 Å². The van der Waals surface area contributed by atoms with E-state index in [2.05, 4.69) is 137 Å². The fourth-order valence-electron chi connectivity index (χ4n) is 8.06. The second kappa shape index (κ2) is 11.2. The lowest BCUT2D eigenvalue weighted by Gasteiger charge is -2.39. The van der Waals surface area contributed by atoms with Crippen molar-refractivity contribution in [3.05, 3.63) is 168 Å². The maximum absolute atomic E-state index is 6.99. The molecule has 1 fully saturated rings. The van der Waals surface area contributed by atoms with Gasteiger partial charge >= 0.3 is 0 Å². The van der Waals surface area contributed by atoms with Crippen molar-refractivity contribution in [1.29, 1.82) is 0 Å². The van der Waals surface area contributed by atoms with Crippen LogP contribution in [0, 0.1) is 0 Å². The van der Waals surface area contributed by atoms with E-state index >= 15 is 0 Å². The van der Waals surface area contributed by atoms with Crippen LogP contribution in [-0.2, 0) is 0 Å². The van der Waals surface area contributed by atoms with E-state index in [4.69, 9.17) is 13.3 Å². The van der Waals surface area contributed by atoms with Gasteiger partial charge < -0.3 is 13.3 Å². The second-order valence-corrected chi connectivity index (χ2v) is 13.3. The summed E-state index contributed by atoms with van der Waals surface area (Å²) in [5.74, 6) is 0. The molecule has 10 aromatic rings. The normalized spacial score (nSPS) is 18.2. The Kier molecular flexibility index (Phi) is 6.27. The molecule has 3 unspecified atom stereocenters. The van der Waals surface area contributed by atoms with E-state index in [1.807, 2.05) is 30.3 Å². The van der Waals surface area contributed by atoms with E-state index in [1.54, 1.807) is 0 Å². The van der Waals surface area contributed by atoms with E-state index in [-0.39, 0.29) is 18.5 Å². The number of nitrogens with one attached hydrogen (secondary N) is 3. The number of para-hydroxylation sites is 4. The van der Waals surface area contributed by atoms with Crippen LogP contribution in [0.5, 0.6) is 0 Å². The molecule has 6 heteroatoms. The lowest BCUT2D eigenvalue weighted by atomic mass is 9.97. The van der Waals surface area contributed by atoms with Gasteiger partial charge in [0.05, 0.1) is 18.5 Å². The topological polar surface area (TPSA) is 75.5 Å². The number of benzene rings is 7. The highest BCUT2D eigenvalue weighted by molar-refractivity contribution is 6.17. The highest BCUT2D eigenvalue weighted by Crippen LogP contribution is 2.43. The smallest absolute Gasteiger partial charge is 0.143 e. The van der Waals surface area contributed by atoms with Gasteiger partial charge in [-0.05, 0) is 41.0 Å². The molecule has 0 saturated carbocycles. The first-order chi connectivity index (χ1) is 25.3. The summed E-state index contributed by atoms with van der Waals surface area (Å²) in [6.07, 6.45) is -0.543. The number of furan rings is 3. The molecule has 0 bridgehead atoms. The summed E-state index contributed by atoms with van der Waals surface area (Å²) in [7, 11) is 0. The van der Waals surface area contributed by atoms with Crippen LogP contribution < -0.4 is 16.0 Å². The molecule has 11 rings (SSSR count). The maximum atomic E-state index is 6.99. The van der Waals surface area contributed by atoms with E-state index in [1.165, 1.54) is 0 Å². The fourth-order valence-corrected chi connectivity index (χ4v) is 8.06. The third-order valence-electron chi connectivity index (χ3n) is 10.4. The molecule has 3 atom stereocenters. The standard InChI is InChI=1S/C45H31N3O3/c1-2-11-26(12-3-1)43-46-44(27-23-24-29-28-13-4-6-20-36(28)50-39(29)25-27)48-45(47-43)35-19-9-18-33-32-17-8-16-31(41(32)51-42(33)35)30-15-10-22-38-40(30)34-14-5-7-21-37(34)49-38/h1-25,43-48H. The Labute approximate surface area is 292 Å². The molecule has 51 heavy (non-hydrogen) atoms. The van der Waals surface area contributed by atoms with Gasteiger partial charge in [0.25, 0.3) is 0 Å². The van der Waals surface area contributed by atoms with Gasteiger partial charge in [-0.3, -0.25) is 16.0 Å². The minimum Gasteiger partial charge on any atom is -0.456 e. The molecule has 1 aliphatic heterocycles. The summed E-state index contributed by atoms with van der Waals surface area (Å²) in [6.45, 7) is 0. The van der Waals surface area contributed by atoms with Crippen LogP contribution >= 0.6 is 0 Å². The van der Waals surface area contributed by atoms with Gasteiger partial charge in [-0.2, -0.15) is 0 Å². The van der Waals surface area contributed by atoms with Gasteiger partial charge in [0, 0.05) is 43.4 Å². The molecule has 3 N–H and O–H groups in total. The van der Waals surface area contributed by atoms with Gasteiger partial charge in [0.1, 0.15) is 33.5 Å². The Morgan fingerprint density at radius 3 is 1.80 bits per heavy atom. The van der Waals surface area contributed by atoms with Crippen LogP contribution in [0.3, 0.4) is 0 Å². The average molecular weight is 662 g/mol. The fraction of sp³-hybridized carbons (Fsp3) is 0.0667. The van der Waals surface area contributed by atoms with Crippen molar-refractivity contribution in [2.24, 2.45) is 0 Å². The summed E-state index contributed by atoms with van der Waals surface area (Å²) < 4.78 is 19.5. The van der Waals surface area contributed by atoms with Crippen LogP contribution in [0.2, 0.25) is 0 Å². The van der Waals surface area contributed by atoms with E-state index in [9.17, 15) is 0 Å². The summed E-state index contributed by atoms with van der Waals surface area (Å²) in [5, 5.41) is 18.1. The molecular formula is C45H31N3O3. The van der Waals surface area contributed by atoms with Crippen molar-refractivity contribution in [1.82, 2.24) is 16.0 Å². The van der Waals surface area contributed by atoms with Crippen molar-refractivity contribution in [2.45, 2.75) is 18.5 Å². The average Bonchev–Trinajstić information content (AvgIpc) is 3.89. The van der Waals surface area contributed by atoms with Crippen LogP contribution in [0.25, 0.3) is 76.9 Å². The molecule has 0 spiro atoms. The Morgan fingerprint density at radius 1 is 0.353 bits per heavy atom. The van der Waals surface area contributed by atoms with Crippen molar-refractivity contribution < 1.29 is 13.3 Å². The molecule has 3 aromatic heterocycles. The van der Waals surface area contributed by atoms with Gasteiger partial charge in [0.15, 0.2) is 0 Å². The van der Waals surface area contributed by atoms with Crippen molar-refractivity contribution >= 4 is 65.8 Å². The van der Waals surface area contributed by atoms with Crippen LogP contribution in [0.4, 0.5) is 0 Å². The zero-order valence-electron chi connectivity index (χ0n) is 27.4. The van der Waals surface area contributed by atoms with E-state index < -0.39 is 0 Å². The minimum absolute atomic E-state index is 0.129. The zero-order valence-corrected chi connectivity index (χ0v) is 27.4. The number of fused-ring (bicyclic) bond motifs is 9. The third kappa shape index (κ3) is 4.48. The van der Waals surface area contributed by atoms with Gasteiger partial charge in [0.2, 0.25) is 0 Å². The largest absolute Gasteiger partial charge is 0.456 e. The number of hydrogen-bond acceptors (Lipinski definition) is 6. The van der Waals surface area contributed by atoms with Crippen molar-refractivity contribution in [3.63, 3.8) is 0 Å². The lowest BCUT2D eigenvalue weighted by Crippen LogP contribution is -2.54. The van der Waals surface area contributed by atoms with Crippen molar-refractivity contribution in [3.8, 4) is 11.1 Å². The first-order valence-corrected chi connectivity index (χ1v) is 17.4. The zero-order chi connectivity index (χ0) is 33.5. The highest BCUT2D eigenvalue weighted by atomic mass is 16.3. The third-order valence-corrected chi connectivity index (χ3v) is 10.4. The quantitative estimate of drug-likeness (QED) is 0.174. The minimum atomic E-state index is -0.234. The Morgan fingerprint density at radius 2 is 0.941 bits per heavy atom. The number of rotatable bonds is 4. The Bertz CT molecular complexity index is 2940. The summed E-state index contributed by atoms with van der Waals surface area (Å²) >= 11 is 0. The predicted molar refractivity (Wildman–Crippen MR) is 204 cm³/mol. The monoisotopic (exact) mass is 661 g/mol. The van der Waals surface area contributed by atoms with Gasteiger partial charge in [-0.15, -0.1) is 0 Å². The van der Waals surface area contributed by atoms with Crippen LogP contribution in [0.15, 0.2) is 165 Å². The summed E-state index contributed by atoms with van der Waals surface area (Å²) in [5.41, 5.74) is 10.6. The maximum Gasteiger partial charge on any atom is 0.143 e. The molecule has 0 amide bonds. The molecular weight excluding hydrogens is 631 g/mol.